The van der Waals surface area contributed by atoms with Crippen LogP contribution in [0.2, 0.25) is 0 Å². The number of carbonyl (C=O) groups excluding carboxylic acids is 1. The van der Waals surface area contributed by atoms with Gasteiger partial charge in [0.25, 0.3) is 0 Å². The second-order valence-corrected chi connectivity index (χ2v) is 10.1. The molecule has 0 N–H and O–H groups in total. The molecule has 36 heavy (non-hydrogen) atoms. The topological polar surface area (TPSA) is 50.6 Å². The van der Waals surface area contributed by atoms with E-state index in [1.165, 1.54) is 29.8 Å². The third kappa shape index (κ3) is 5.16. The van der Waals surface area contributed by atoms with Gasteiger partial charge in [-0.3, -0.25) is 9.69 Å². The van der Waals surface area contributed by atoms with Gasteiger partial charge in [-0.25, -0.2) is 9.07 Å². The molecule has 0 spiro atoms. The average Bonchev–Trinajstić information content (AvgIpc) is 3.27. The molecule has 0 bridgehead atoms. The first-order chi connectivity index (χ1) is 17.5. The van der Waals surface area contributed by atoms with Crippen LogP contribution in [0.5, 0.6) is 5.75 Å². The molecule has 1 saturated carbocycles. The number of carbonyl (C=O) groups is 1. The molecule has 6 nitrogen and oxygen atoms in total. The van der Waals surface area contributed by atoms with Crippen LogP contribution >= 0.6 is 0 Å². The summed E-state index contributed by atoms with van der Waals surface area (Å²) in [7, 11) is 3.58. The molecule has 1 aromatic heterocycles. The standard InChI is InChI=1S/C29H35FN4O2/c1-32(29(35)22-8-4-3-5-9-22)20-25-24-19-33(18-21-12-14-23(30)15-13-21)17-16-26(24)34(31-25)27-10-6-7-11-28(27)36-2/h6-7,10-15,22H,3-5,8-9,16-20H2,1-2H3. The van der Waals surface area contributed by atoms with Crippen molar-refractivity contribution in [3.05, 3.63) is 76.9 Å². The van der Waals surface area contributed by atoms with Crippen LogP contribution in [0.3, 0.4) is 0 Å². The van der Waals surface area contributed by atoms with Crippen LogP contribution in [-0.2, 0) is 30.8 Å². The number of amides is 1. The lowest BCUT2D eigenvalue weighted by molar-refractivity contribution is -0.135. The van der Waals surface area contributed by atoms with Crippen molar-refractivity contribution in [2.24, 2.45) is 5.92 Å². The molecule has 0 unspecified atom stereocenters. The molecule has 190 valence electrons. The summed E-state index contributed by atoms with van der Waals surface area (Å²) in [6.45, 7) is 2.85. The van der Waals surface area contributed by atoms with E-state index in [1.54, 1.807) is 7.11 Å². The van der Waals surface area contributed by atoms with E-state index in [-0.39, 0.29) is 17.6 Å². The van der Waals surface area contributed by atoms with Crippen LogP contribution in [-0.4, -0.2) is 46.2 Å². The summed E-state index contributed by atoms with van der Waals surface area (Å²) >= 11 is 0. The van der Waals surface area contributed by atoms with Crippen molar-refractivity contribution in [2.75, 3.05) is 20.7 Å². The van der Waals surface area contributed by atoms with Gasteiger partial charge < -0.3 is 9.64 Å². The number of hydrogen-bond donors (Lipinski definition) is 0. The maximum atomic E-state index is 13.4. The van der Waals surface area contributed by atoms with Crippen molar-refractivity contribution >= 4 is 5.91 Å². The zero-order chi connectivity index (χ0) is 25.1. The van der Waals surface area contributed by atoms with Gasteiger partial charge in [0.05, 0.1) is 25.0 Å². The van der Waals surface area contributed by atoms with Crippen LogP contribution in [0.1, 0.15) is 54.6 Å². The van der Waals surface area contributed by atoms with E-state index in [0.717, 1.165) is 74.4 Å². The summed E-state index contributed by atoms with van der Waals surface area (Å²) in [5.41, 5.74) is 5.28. The van der Waals surface area contributed by atoms with Gasteiger partial charge in [-0.05, 0) is 42.7 Å². The van der Waals surface area contributed by atoms with Crippen LogP contribution in [0.4, 0.5) is 4.39 Å². The molecule has 3 aromatic rings. The molecule has 7 heteroatoms. The van der Waals surface area contributed by atoms with Crippen molar-refractivity contribution in [1.29, 1.82) is 0 Å². The smallest absolute Gasteiger partial charge is 0.225 e. The third-order valence-electron chi connectivity index (χ3n) is 7.57. The second kappa shape index (κ2) is 10.8. The number of aromatic nitrogens is 2. The summed E-state index contributed by atoms with van der Waals surface area (Å²) in [4.78, 5) is 17.4. The van der Waals surface area contributed by atoms with Gasteiger partial charge in [-0.2, -0.15) is 5.10 Å². The normalized spacial score (nSPS) is 16.5. The molecule has 0 saturated heterocycles. The zero-order valence-electron chi connectivity index (χ0n) is 21.3. The van der Waals surface area contributed by atoms with Gasteiger partial charge in [-0.15, -0.1) is 0 Å². The number of hydrogen-bond acceptors (Lipinski definition) is 4. The Labute approximate surface area is 212 Å². The Hall–Kier alpha value is -3.19. The van der Waals surface area contributed by atoms with E-state index < -0.39 is 0 Å². The molecular weight excluding hydrogens is 455 g/mol. The van der Waals surface area contributed by atoms with Gasteiger partial charge in [0.1, 0.15) is 17.3 Å². The lowest BCUT2D eigenvalue weighted by Gasteiger charge is -2.29. The molecule has 2 aromatic carbocycles. The lowest BCUT2D eigenvalue weighted by atomic mass is 9.88. The first-order valence-electron chi connectivity index (χ1n) is 13.0. The molecular formula is C29H35FN4O2. The number of nitrogens with zero attached hydrogens (tertiary/aromatic N) is 4. The van der Waals surface area contributed by atoms with Crippen LogP contribution in [0.25, 0.3) is 5.69 Å². The van der Waals surface area contributed by atoms with Gasteiger partial charge in [0.15, 0.2) is 0 Å². The highest BCUT2D eigenvalue weighted by molar-refractivity contribution is 5.78. The Morgan fingerprint density at radius 1 is 1.11 bits per heavy atom. The third-order valence-corrected chi connectivity index (χ3v) is 7.57. The fourth-order valence-corrected chi connectivity index (χ4v) is 5.62. The minimum atomic E-state index is -0.217. The number of para-hydroxylation sites is 2. The SMILES string of the molecule is COc1ccccc1-n1nc(CN(C)C(=O)C2CCCCC2)c2c1CCN(Cc1ccc(F)cc1)C2. The molecule has 2 heterocycles. The van der Waals surface area contributed by atoms with Gasteiger partial charge >= 0.3 is 0 Å². The molecule has 0 atom stereocenters. The quantitative estimate of drug-likeness (QED) is 0.462. The number of methoxy groups -OCH3 is 1. The van der Waals surface area contributed by atoms with Crippen molar-refractivity contribution < 1.29 is 13.9 Å². The van der Waals surface area contributed by atoms with E-state index in [1.807, 2.05) is 53.0 Å². The maximum absolute atomic E-state index is 13.4. The molecule has 0 radical (unpaired) electrons. The fraction of sp³-hybridized carbons (Fsp3) is 0.448. The van der Waals surface area contributed by atoms with Crippen molar-refractivity contribution in [3.8, 4) is 11.4 Å². The monoisotopic (exact) mass is 490 g/mol. The van der Waals surface area contributed by atoms with E-state index in [2.05, 4.69) is 4.90 Å². The summed E-state index contributed by atoms with van der Waals surface area (Å²) < 4.78 is 21.0. The predicted octanol–water partition coefficient (Wildman–Crippen LogP) is 5.12. The highest BCUT2D eigenvalue weighted by Gasteiger charge is 2.29. The van der Waals surface area contributed by atoms with Gasteiger partial charge in [-0.1, -0.05) is 43.5 Å². The zero-order valence-corrected chi connectivity index (χ0v) is 21.3. The van der Waals surface area contributed by atoms with E-state index >= 15 is 0 Å². The first kappa shape index (κ1) is 24.5. The van der Waals surface area contributed by atoms with E-state index in [9.17, 15) is 9.18 Å². The van der Waals surface area contributed by atoms with Crippen LogP contribution in [0, 0.1) is 11.7 Å². The van der Waals surface area contributed by atoms with E-state index in [0.29, 0.717) is 6.54 Å². The number of benzene rings is 2. The van der Waals surface area contributed by atoms with Gasteiger partial charge in [0, 0.05) is 44.6 Å². The summed E-state index contributed by atoms with van der Waals surface area (Å²) in [6, 6.07) is 14.7. The summed E-state index contributed by atoms with van der Waals surface area (Å²) in [5, 5.41) is 5.06. The number of rotatable bonds is 7. The molecule has 1 amide bonds. The Balaban J connectivity index is 1.44. The molecule has 1 fully saturated rings. The average molecular weight is 491 g/mol. The minimum Gasteiger partial charge on any atom is -0.494 e. The highest BCUT2D eigenvalue weighted by Crippen LogP contribution is 2.31. The minimum absolute atomic E-state index is 0.130. The number of ether oxygens (including phenoxy) is 1. The largest absolute Gasteiger partial charge is 0.494 e. The maximum Gasteiger partial charge on any atom is 0.225 e. The Morgan fingerprint density at radius 2 is 1.86 bits per heavy atom. The summed E-state index contributed by atoms with van der Waals surface area (Å²) in [5.74, 6) is 0.917. The molecule has 5 rings (SSSR count). The lowest BCUT2D eigenvalue weighted by Crippen LogP contribution is -2.34. The van der Waals surface area contributed by atoms with Crippen LogP contribution < -0.4 is 4.74 Å². The van der Waals surface area contributed by atoms with Gasteiger partial charge in [0.2, 0.25) is 5.91 Å². The Bertz CT molecular complexity index is 1200. The van der Waals surface area contributed by atoms with Crippen LogP contribution in [0.15, 0.2) is 48.5 Å². The van der Waals surface area contributed by atoms with Crippen molar-refractivity contribution in [2.45, 2.75) is 58.2 Å². The Kier molecular flexibility index (Phi) is 7.37. The molecule has 1 aliphatic heterocycles. The number of fused-ring (bicyclic) bond motifs is 1. The Morgan fingerprint density at radius 3 is 2.61 bits per heavy atom. The van der Waals surface area contributed by atoms with E-state index in [4.69, 9.17) is 9.84 Å². The highest BCUT2D eigenvalue weighted by atomic mass is 19.1. The predicted molar refractivity (Wildman–Crippen MR) is 137 cm³/mol. The van der Waals surface area contributed by atoms with Crippen molar-refractivity contribution in [1.82, 2.24) is 19.6 Å². The van der Waals surface area contributed by atoms with Crippen molar-refractivity contribution in [3.63, 3.8) is 0 Å². The summed E-state index contributed by atoms with van der Waals surface area (Å²) in [6.07, 6.45) is 6.32. The number of halogens is 1. The molecule has 2 aliphatic rings. The molecule has 1 aliphatic carbocycles. The fourth-order valence-electron chi connectivity index (χ4n) is 5.62. The first-order valence-corrected chi connectivity index (χ1v) is 13.0. The second-order valence-electron chi connectivity index (χ2n) is 10.1.